The van der Waals surface area contributed by atoms with Crippen LogP contribution in [0.4, 0.5) is 0 Å². The number of likely N-dealkylation sites (N-methyl/N-ethyl adjacent to an activating group) is 1. The van der Waals surface area contributed by atoms with E-state index in [1.54, 1.807) is 0 Å². The van der Waals surface area contributed by atoms with Gasteiger partial charge in [0.1, 0.15) is 0 Å². The molecule has 0 aliphatic carbocycles. The highest BCUT2D eigenvalue weighted by Gasteiger charge is 2.15. The lowest BCUT2D eigenvalue weighted by Crippen LogP contribution is -2.44. The molecule has 7 nitrogen and oxygen atoms in total. The van der Waals surface area contributed by atoms with Crippen LogP contribution in [0.15, 0.2) is 0 Å². The molecule has 1 heterocycles. The van der Waals surface area contributed by atoms with Gasteiger partial charge in [-0.05, 0) is 83.2 Å². The summed E-state index contributed by atoms with van der Waals surface area (Å²) in [7, 11) is 2.23. The summed E-state index contributed by atoms with van der Waals surface area (Å²) in [5.41, 5.74) is 0. The molecule has 2 unspecified atom stereocenters. The Balaban J connectivity index is 2.25. The zero-order valence-corrected chi connectivity index (χ0v) is 41.9. The monoisotopic (exact) mass is 865 g/mol. The Bertz CT molecular complexity index is 879. The van der Waals surface area contributed by atoms with Gasteiger partial charge in [0.15, 0.2) is 6.29 Å². The van der Waals surface area contributed by atoms with Crippen LogP contribution in [-0.4, -0.2) is 92.9 Å². The van der Waals surface area contributed by atoms with E-state index in [0.29, 0.717) is 25.7 Å². The standard InChI is InChI=1S/C54H108N2O5/c1-6-10-22-32-50(33-23-11-7-2)40-48-60-53(57)38-28-20-16-14-18-26-36-52(59-47-31-30-42-56-45-43-55(5)44-46-56)37-27-19-15-17-21-29-39-54(58)61-49-41-51(34-24-12-8-3)35-25-13-9-4/h50-53,57H,6-49H2,1-5H3. The van der Waals surface area contributed by atoms with E-state index in [2.05, 4.69) is 44.5 Å². The van der Waals surface area contributed by atoms with Crippen LogP contribution in [0.3, 0.4) is 0 Å². The predicted octanol–water partition coefficient (Wildman–Crippen LogP) is 14.9. The van der Waals surface area contributed by atoms with Crippen LogP contribution < -0.4 is 0 Å². The van der Waals surface area contributed by atoms with Gasteiger partial charge in [-0.1, -0.05) is 195 Å². The van der Waals surface area contributed by atoms with Crippen LogP contribution in [0, 0.1) is 11.8 Å². The number of hydrogen-bond acceptors (Lipinski definition) is 7. The number of piperazine rings is 1. The molecule has 0 radical (unpaired) electrons. The molecule has 364 valence electrons. The van der Waals surface area contributed by atoms with Gasteiger partial charge in [-0.3, -0.25) is 4.79 Å². The van der Waals surface area contributed by atoms with Gasteiger partial charge in [0.25, 0.3) is 0 Å². The molecule has 1 fully saturated rings. The molecule has 1 saturated heterocycles. The fourth-order valence-corrected chi connectivity index (χ4v) is 9.28. The van der Waals surface area contributed by atoms with Crippen molar-refractivity contribution in [2.45, 2.75) is 271 Å². The Labute approximate surface area is 381 Å². The van der Waals surface area contributed by atoms with Crippen LogP contribution in [0.25, 0.3) is 0 Å². The van der Waals surface area contributed by atoms with Crippen molar-refractivity contribution < 1.29 is 24.1 Å². The van der Waals surface area contributed by atoms with E-state index in [4.69, 9.17) is 14.2 Å². The Morgan fingerprint density at radius 1 is 0.459 bits per heavy atom. The highest BCUT2D eigenvalue weighted by molar-refractivity contribution is 5.69. The zero-order chi connectivity index (χ0) is 44.3. The average molecular weight is 865 g/mol. The summed E-state index contributed by atoms with van der Waals surface area (Å²) in [6.07, 6.45) is 43.4. The minimum absolute atomic E-state index is 0.0119. The third kappa shape index (κ3) is 38.3. The smallest absolute Gasteiger partial charge is 0.305 e. The fourth-order valence-electron chi connectivity index (χ4n) is 9.28. The summed E-state index contributed by atoms with van der Waals surface area (Å²) in [6.45, 7) is 17.3. The fraction of sp³-hybridized carbons (Fsp3) is 0.981. The minimum atomic E-state index is -0.594. The lowest BCUT2D eigenvalue weighted by atomic mass is 9.92. The molecule has 0 spiro atoms. The second-order valence-electron chi connectivity index (χ2n) is 19.5. The molecule has 1 rings (SSSR count). The Hall–Kier alpha value is -0.730. The zero-order valence-electron chi connectivity index (χ0n) is 41.9. The van der Waals surface area contributed by atoms with E-state index in [9.17, 15) is 9.90 Å². The van der Waals surface area contributed by atoms with Crippen molar-refractivity contribution in [3.63, 3.8) is 0 Å². The first kappa shape index (κ1) is 58.3. The quantitative estimate of drug-likeness (QED) is 0.0371. The van der Waals surface area contributed by atoms with Gasteiger partial charge in [-0.25, -0.2) is 0 Å². The lowest BCUT2D eigenvalue weighted by molar-refractivity contribution is -0.144. The molecular weight excluding hydrogens is 757 g/mol. The molecule has 1 aliphatic heterocycles. The third-order valence-corrected chi connectivity index (χ3v) is 13.7. The number of hydrogen-bond donors (Lipinski definition) is 1. The van der Waals surface area contributed by atoms with Gasteiger partial charge < -0.3 is 29.1 Å². The Morgan fingerprint density at radius 3 is 1.41 bits per heavy atom. The highest BCUT2D eigenvalue weighted by Crippen LogP contribution is 2.23. The molecule has 1 aliphatic rings. The largest absolute Gasteiger partial charge is 0.466 e. The van der Waals surface area contributed by atoms with E-state index < -0.39 is 6.29 Å². The number of rotatable bonds is 47. The number of carbonyl (C=O) groups excluding carboxylic acids is 1. The number of nitrogens with zero attached hydrogens (tertiary/aromatic N) is 2. The number of aliphatic hydroxyl groups excluding tert-OH is 1. The van der Waals surface area contributed by atoms with Crippen molar-refractivity contribution in [3.8, 4) is 0 Å². The van der Waals surface area contributed by atoms with E-state index in [0.717, 1.165) is 63.4 Å². The molecular formula is C54H108N2O5. The van der Waals surface area contributed by atoms with Crippen molar-refractivity contribution in [2.75, 3.05) is 59.6 Å². The molecule has 0 amide bonds. The number of ether oxygens (including phenoxy) is 3. The normalized spacial score (nSPS) is 15.0. The van der Waals surface area contributed by atoms with Gasteiger partial charge in [0, 0.05) is 45.8 Å². The Morgan fingerprint density at radius 2 is 0.902 bits per heavy atom. The second-order valence-corrected chi connectivity index (χ2v) is 19.5. The van der Waals surface area contributed by atoms with Gasteiger partial charge >= 0.3 is 5.97 Å². The maximum absolute atomic E-state index is 12.4. The first-order chi connectivity index (χ1) is 29.9. The molecule has 0 bridgehead atoms. The van der Waals surface area contributed by atoms with E-state index >= 15 is 0 Å². The van der Waals surface area contributed by atoms with Crippen LogP contribution in [-0.2, 0) is 19.0 Å². The van der Waals surface area contributed by atoms with Crippen LogP contribution in [0.2, 0.25) is 0 Å². The SMILES string of the molecule is CCCCCC(CCCCC)CCOC(=O)CCCCCCCCC(CCCCCCCCC(O)OCCC(CCCCC)CCCCC)OCCCCN1CCN(C)CC1. The first-order valence-electron chi connectivity index (χ1n) is 27.4. The van der Waals surface area contributed by atoms with Gasteiger partial charge in [-0.15, -0.1) is 0 Å². The van der Waals surface area contributed by atoms with Gasteiger partial charge in [0.2, 0.25) is 0 Å². The maximum atomic E-state index is 12.4. The molecule has 0 aromatic rings. The summed E-state index contributed by atoms with van der Waals surface area (Å²) in [4.78, 5) is 17.5. The minimum Gasteiger partial charge on any atom is -0.466 e. The summed E-state index contributed by atoms with van der Waals surface area (Å²) in [5.74, 6) is 1.49. The van der Waals surface area contributed by atoms with Gasteiger partial charge in [0.05, 0.1) is 12.7 Å². The molecule has 2 atom stereocenters. The molecule has 0 saturated carbocycles. The van der Waals surface area contributed by atoms with Crippen molar-refractivity contribution >= 4 is 5.97 Å². The maximum Gasteiger partial charge on any atom is 0.305 e. The van der Waals surface area contributed by atoms with Crippen molar-refractivity contribution in [2.24, 2.45) is 11.8 Å². The highest BCUT2D eigenvalue weighted by atomic mass is 16.6. The molecule has 0 aromatic heterocycles. The molecule has 0 aromatic carbocycles. The summed E-state index contributed by atoms with van der Waals surface area (Å²) in [6, 6.07) is 0. The number of esters is 1. The van der Waals surface area contributed by atoms with E-state index in [-0.39, 0.29) is 5.97 Å². The summed E-state index contributed by atoms with van der Waals surface area (Å²) >= 11 is 0. The van der Waals surface area contributed by atoms with Crippen LogP contribution >= 0.6 is 0 Å². The molecule has 1 N–H and O–H groups in total. The van der Waals surface area contributed by atoms with Crippen LogP contribution in [0.1, 0.15) is 259 Å². The average Bonchev–Trinajstić information content (AvgIpc) is 3.25. The van der Waals surface area contributed by atoms with Gasteiger partial charge in [-0.2, -0.15) is 0 Å². The van der Waals surface area contributed by atoms with Crippen molar-refractivity contribution in [3.05, 3.63) is 0 Å². The van der Waals surface area contributed by atoms with Crippen molar-refractivity contribution in [1.82, 2.24) is 9.80 Å². The number of carbonyl (C=O) groups is 1. The first-order valence-corrected chi connectivity index (χ1v) is 27.4. The molecule has 7 heteroatoms. The topological polar surface area (TPSA) is 71.5 Å². The van der Waals surface area contributed by atoms with E-state index in [1.807, 2.05) is 0 Å². The second kappa shape index (κ2) is 44.5. The summed E-state index contributed by atoms with van der Waals surface area (Å²) < 4.78 is 18.1. The van der Waals surface area contributed by atoms with Crippen LogP contribution in [0.5, 0.6) is 0 Å². The van der Waals surface area contributed by atoms with E-state index in [1.165, 1.54) is 213 Å². The lowest BCUT2D eigenvalue weighted by Gasteiger charge is -2.32. The Kier molecular flexibility index (Phi) is 42.5. The number of aliphatic hydroxyl groups is 1. The van der Waals surface area contributed by atoms with Crippen molar-refractivity contribution in [1.29, 1.82) is 0 Å². The number of unbranched alkanes of at least 4 members (excludes halogenated alkanes) is 19. The third-order valence-electron chi connectivity index (χ3n) is 13.7. The summed E-state index contributed by atoms with van der Waals surface area (Å²) in [5, 5.41) is 10.5. The predicted molar refractivity (Wildman–Crippen MR) is 262 cm³/mol. The molecule has 61 heavy (non-hydrogen) atoms.